The van der Waals surface area contributed by atoms with Crippen molar-refractivity contribution in [2.45, 2.75) is 92.9 Å². The molecular weight excluding hydrogens is 378 g/mol. The number of benzene rings is 2. The Morgan fingerprint density at radius 3 is 2.00 bits per heavy atom. The zero-order chi connectivity index (χ0) is 23.6. The van der Waals surface area contributed by atoms with Crippen LogP contribution in [0.5, 0.6) is 5.75 Å². The van der Waals surface area contributed by atoms with Gasteiger partial charge in [0.25, 0.3) is 0 Å². The van der Waals surface area contributed by atoms with Crippen molar-refractivity contribution in [2.24, 2.45) is 11.3 Å². The summed E-state index contributed by atoms with van der Waals surface area (Å²) in [7, 11) is 0. The van der Waals surface area contributed by atoms with Crippen molar-refractivity contribution in [1.29, 1.82) is 0 Å². The zero-order valence-electron chi connectivity index (χ0n) is 21.6. The molecule has 0 saturated carbocycles. The smallest absolute Gasteiger partial charge is 0.118 e. The van der Waals surface area contributed by atoms with Gasteiger partial charge >= 0.3 is 0 Å². The molecule has 1 atom stereocenters. The van der Waals surface area contributed by atoms with Crippen LogP contribution in [0.1, 0.15) is 91.0 Å². The predicted octanol–water partition coefficient (Wildman–Crippen LogP) is 8.00. The number of hydrogen-bond donors (Lipinski definition) is 2. The molecule has 2 rings (SSSR count). The maximum Gasteiger partial charge on any atom is 0.118 e. The van der Waals surface area contributed by atoms with Crippen LogP contribution < -0.4 is 5.32 Å². The first kappa shape index (κ1) is 25.3. The average Bonchev–Trinajstić information content (AvgIpc) is 2.60. The third kappa shape index (κ3) is 6.76. The van der Waals surface area contributed by atoms with E-state index in [1.807, 2.05) is 12.1 Å². The molecule has 0 fully saturated rings. The molecular formula is C29H45NO. The second-order valence-corrected chi connectivity index (χ2v) is 12.3. The van der Waals surface area contributed by atoms with Crippen LogP contribution in [0.15, 0.2) is 36.4 Å². The van der Waals surface area contributed by atoms with Crippen molar-refractivity contribution in [3.8, 4) is 5.75 Å². The summed E-state index contributed by atoms with van der Waals surface area (Å²) < 4.78 is 0. The van der Waals surface area contributed by atoms with E-state index in [-0.39, 0.29) is 16.2 Å². The fourth-order valence-electron chi connectivity index (χ4n) is 4.21. The van der Waals surface area contributed by atoms with Gasteiger partial charge in [-0.15, -0.1) is 0 Å². The minimum atomic E-state index is 0.0770. The highest BCUT2D eigenvalue weighted by Crippen LogP contribution is 2.38. The third-order valence-corrected chi connectivity index (χ3v) is 6.49. The lowest BCUT2D eigenvalue weighted by Gasteiger charge is -2.33. The second kappa shape index (κ2) is 9.27. The lowest BCUT2D eigenvalue weighted by Crippen LogP contribution is -2.26. The monoisotopic (exact) mass is 423 g/mol. The number of phenols is 1. The number of anilines is 1. The molecule has 0 bridgehead atoms. The molecule has 2 N–H and O–H groups in total. The molecule has 31 heavy (non-hydrogen) atoms. The number of nitrogens with one attached hydrogen (secondary N) is 1. The van der Waals surface area contributed by atoms with E-state index in [9.17, 15) is 5.11 Å². The molecule has 0 aliphatic rings. The quantitative estimate of drug-likeness (QED) is 0.493. The van der Waals surface area contributed by atoms with E-state index in [0.717, 1.165) is 24.9 Å². The number of para-hydroxylation sites is 1. The highest BCUT2D eigenvalue weighted by Gasteiger charge is 2.27. The summed E-state index contributed by atoms with van der Waals surface area (Å²) in [4.78, 5) is 0. The molecule has 2 aromatic rings. The predicted molar refractivity (Wildman–Crippen MR) is 136 cm³/mol. The molecule has 172 valence electrons. The molecule has 0 aliphatic heterocycles. The van der Waals surface area contributed by atoms with Gasteiger partial charge in [-0.3, -0.25) is 0 Å². The fraction of sp³-hybridized carbons (Fsp3) is 0.586. The normalized spacial score (nSPS) is 13.9. The molecule has 0 saturated heterocycles. The summed E-state index contributed by atoms with van der Waals surface area (Å²) in [5, 5.41) is 14.1. The van der Waals surface area contributed by atoms with Gasteiger partial charge in [0.05, 0.1) is 0 Å². The van der Waals surface area contributed by atoms with Gasteiger partial charge < -0.3 is 10.4 Å². The molecule has 2 heteroatoms. The number of aryl methyl sites for hydroxylation is 1. The minimum Gasteiger partial charge on any atom is -0.508 e. The van der Waals surface area contributed by atoms with Gasteiger partial charge in [0, 0.05) is 12.2 Å². The van der Waals surface area contributed by atoms with Gasteiger partial charge in [-0.2, -0.15) is 0 Å². The van der Waals surface area contributed by atoms with E-state index < -0.39 is 0 Å². The zero-order valence-corrected chi connectivity index (χ0v) is 21.6. The molecule has 0 amide bonds. The minimum absolute atomic E-state index is 0.0770. The number of phenolic OH excluding ortho intramolecular Hbond substituents is 1. The SMILES string of the molecule is Cc1cc(C(C)(C)C)cc(C(C)(C)C)c1NCCC(Cc1ccccc1O)C(C)(C)C. The third-order valence-electron chi connectivity index (χ3n) is 6.49. The number of hydrogen-bond acceptors (Lipinski definition) is 2. The van der Waals surface area contributed by atoms with Crippen LogP contribution in [0, 0.1) is 18.3 Å². The molecule has 0 heterocycles. The Hall–Kier alpha value is -1.96. The van der Waals surface area contributed by atoms with Crippen LogP contribution in [-0.2, 0) is 17.3 Å². The Labute approximate surface area is 191 Å². The fourth-order valence-corrected chi connectivity index (χ4v) is 4.21. The summed E-state index contributed by atoms with van der Waals surface area (Å²) in [5.74, 6) is 0.883. The summed E-state index contributed by atoms with van der Waals surface area (Å²) in [5.41, 5.74) is 6.83. The molecule has 0 aliphatic carbocycles. The first-order valence-electron chi connectivity index (χ1n) is 11.8. The molecule has 2 aromatic carbocycles. The summed E-state index contributed by atoms with van der Waals surface area (Å²) in [6.07, 6.45) is 1.95. The lowest BCUT2D eigenvalue weighted by atomic mass is 9.75. The Balaban J connectivity index is 2.25. The Morgan fingerprint density at radius 2 is 1.48 bits per heavy atom. The van der Waals surface area contributed by atoms with Gasteiger partial charge in [0.1, 0.15) is 5.75 Å². The van der Waals surface area contributed by atoms with Gasteiger partial charge in [-0.05, 0) is 70.2 Å². The molecule has 0 aromatic heterocycles. The van der Waals surface area contributed by atoms with E-state index >= 15 is 0 Å². The van der Waals surface area contributed by atoms with E-state index in [1.54, 1.807) is 6.07 Å². The van der Waals surface area contributed by atoms with Crippen molar-refractivity contribution >= 4 is 5.69 Å². The van der Waals surface area contributed by atoms with Crippen LogP contribution in [-0.4, -0.2) is 11.7 Å². The highest BCUT2D eigenvalue weighted by molar-refractivity contribution is 5.62. The van der Waals surface area contributed by atoms with E-state index in [1.165, 1.54) is 22.4 Å². The molecule has 2 nitrogen and oxygen atoms in total. The van der Waals surface area contributed by atoms with E-state index in [4.69, 9.17) is 0 Å². The topological polar surface area (TPSA) is 32.3 Å². The van der Waals surface area contributed by atoms with Crippen molar-refractivity contribution in [1.82, 2.24) is 0 Å². The van der Waals surface area contributed by atoms with Crippen LogP contribution in [0.3, 0.4) is 0 Å². The van der Waals surface area contributed by atoms with Crippen LogP contribution >= 0.6 is 0 Å². The van der Waals surface area contributed by atoms with Crippen molar-refractivity contribution in [2.75, 3.05) is 11.9 Å². The maximum atomic E-state index is 10.3. The first-order valence-corrected chi connectivity index (χ1v) is 11.8. The number of aromatic hydroxyl groups is 1. The molecule has 0 radical (unpaired) electrons. The number of rotatable bonds is 6. The van der Waals surface area contributed by atoms with Crippen molar-refractivity contribution < 1.29 is 5.11 Å². The van der Waals surface area contributed by atoms with Crippen LogP contribution in [0.2, 0.25) is 0 Å². The van der Waals surface area contributed by atoms with Crippen molar-refractivity contribution in [3.05, 3.63) is 58.7 Å². The van der Waals surface area contributed by atoms with E-state index in [2.05, 4.69) is 92.8 Å². The Morgan fingerprint density at radius 1 is 0.871 bits per heavy atom. The van der Waals surface area contributed by atoms with Crippen LogP contribution in [0.4, 0.5) is 5.69 Å². The lowest BCUT2D eigenvalue weighted by molar-refractivity contribution is 0.227. The van der Waals surface area contributed by atoms with Gasteiger partial charge in [-0.1, -0.05) is 92.6 Å². The molecule has 0 spiro atoms. The van der Waals surface area contributed by atoms with Crippen molar-refractivity contribution in [3.63, 3.8) is 0 Å². The van der Waals surface area contributed by atoms with Gasteiger partial charge in [0.2, 0.25) is 0 Å². The second-order valence-electron chi connectivity index (χ2n) is 12.3. The summed E-state index contributed by atoms with van der Waals surface area (Å²) >= 11 is 0. The average molecular weight is 424 g/mol. The summed E-state index contributed by atoms with van der Waals surface area (Å²) in [6.45, 7) is 23.8. The van der Waals surface area contributed by atoms with E-state index in [0.29, 0.717) is 11.7 Å². The first-order chi connectivity index (χ1) is 14.1. The van der Waals surface area contributed by atoms with Gasteiger partial charge in [0.15, 0.2) is 0 Å². The standard InChI is InChI=1S/C29H45NO/c1-20-17-23(28(5,6)7)19-24(29(8,9)10)26(20)30-16-15-22(27(2,3)4)18-21-13-11-12-14-25(21)31/h11-14,17,19,22,30-31H,15-16,18H2,1-10H3. The highest BCUT2D eigenvalue weighted by atomic mass is 16.3. The Kier molecular flexibility index (Phi) is 7.56. The van der Waals surface area contributed by atoms with Crippen LogP contribution in [0.25, 0.3) is 0 Å². The largest absolute Gasteiger partial charge is 0.508 e. The van der Waals surface area contributed by atoms with Gasteiger partial charge in [-0.25, -0.2) is 0 Å². The maximum absolute atomic E-state index is 10.3. The summed E-state index contributed by atoms with van der Waals surface area (Å²) in [6, 6.07) is 12.5. The molecule has 1 unspecified atom stereocenters. The Bertz CT molecular complexity index is 875.